The second-order valence-corrected chi connectivity index (χ2v) is 10.1. The number of nitrogens with one attached hydrogen (secondary N) is 1. The van der Waals surface area contributed by atoms with Gasteiger partial charge in [-0.15, -0.1) is 11.3 Å². The van der Waals surface area contributed by atoms with Crippen LogP contribution in [0.2, 0.25) is 5.02 Å². The van der Waals surface area contributed by atoms with Crippen LogP contribution in [0.1, 0.15) is 39.7 Å². The van der Waals surface area contributed by atoms with Crippen molar-refractivity contribution in [2.75, 3.05) is 25.0 Å². The molecule has 37 heavy (non-hydrogen) atoms. The van der Waals surface area contributed by atoms with E-state index in [1.807, 2.05) is 32.0 Å². The van der Waals surface area contributed by atoms with E-state index in [4.69, 9.17) is 11.6 Å². The van der Waals surface area contributed by atoms with Gasteiger partial charge in [0.1, 0.15) is 16.7 Å². The minimum absolute atomic E-state index is 0.0935. The summed E-state index contributed by atoms with van der Waals surface area (Å²) in [4.78, 5) is 51.6. The molecule has 2 aliphatic heterocycles. The third-order valence-corrected chi connectivity index (χ3v) is 7.62. The van der Waals surface area contributed by atoms with Gasteiger partial charge in [0.05, 0.1) is 17.8 Å². The molecule has 3 heterocycles. The number of allylic oxidation sites excluding steroid dienone is 1. The molecule has 5 rings (SSSR count). The number of hydrogen-bond donors (Lipinski definition) is 1. The van der Waals surface area contributed by atoms with Gasteiger partial charge < -0.3 is 15.1 Å². The van der Waals surface area contributed by atoms with Crippen molar-refractivity contribution in [3.05, 3.63) is 75.3 Å². The second kappa shape index (κ2) is 10.3. The van der Waals surface area contributed by atoms with E-state index in [0.717, 1.165) is 16.7 Å². The number of rotatable bonds is 4. The first-order chi connectivity index (χ1) is 17.9. The van der Waals surface area contributed by atoms with Gasteiger partial charge in [0.2, 0.25) is 5.91 Å². The van der Waals surface area contributed by atoms with Crippen molar-refractivity contribution in [1.82, 2.24) is 14.8 Å². The Morgan fingerprint density at radius 1 is 1.16 bits per heavy atom. The zero-order valence-electron chi connectivity index (χ0n) is 20.3. The maximum absolute atomic E-state index is 13.5. The first-order valence-electron chi connectivity index (χ1n) is 11.8. The van der Waals surface area contributed by atoms with E-state index in [1.165, 1.54) is 11.3 Å². The van der Waals surface area contributed by atoms with Crippen LogP contribution in [-0.2, 0) is 4.79 Å². The Kier molecular flexibility index (Phi) is 6.90. The molecule has 0 saturated carbocycles. The van der Waals surface area contributed by atoms with Gasteiger partial charge >= 0.3 is 0 Å². The molecule has 0 spiro atoms. The van der Waals surface area contributed by atoms with Crippen LogP contribution in [0.25, 0.3) is 16.7 Å². The largest absolute Gasteiger partial charge is 0.333 e. The van der Waals surface area contributed by atoms with Crippen molar-refractivity contribution in [3.8, 4) is 11.1 Å². The van der Waals surface area contributed by atoms with Gasteiger partial charge in [-0.25, -0.2) is 4.98 Å². The van der Waals surface area contributed by atoms with E-state index < -0.39 is 6.04 Å². The molecule has 8 nitrogen and oxygen atoms in total. The number of carbonyl (C=O) groups is 3. The van der Waals surface area contributed by atoms with Crippen LogP contribution >= 0.6 is 22.9 Å². The molecule has 1 fully saturated rings. The fraction of sp³-hybridized carbons (Fsp3) is 0.222. The maximum atomic E-state index is 13.5. The molecule has 1 aromatic heterocycles. The number of nitrogens with zero attached hydrogens (tertiary/aromatic N) is 4. The third kappa shape index (κ3) is 4.92. The lowest BCUT2D eigenvalue weighted by Crippen LogP contribution is -2.59. The number of aromatic nitrogens is 1. The van der Waals surface area contributed by atoms with E-state index in [2.05, 4.69) is 15.3 Å². The number of piperazine rings is 1. The maximum Gasteiger partial charge on any atom is 0.273 e. The molecule has 3 amide bonds. The molecule has 1 atom stereocenters. The minimum atomic E-state index is -0.796. The summed E-state index contributed by atoms with van der Waals surface area (Å²) in [5.74, 6) is -0.825. The van der Waals surface area contributed by atoms with Gasteiger partial charge in [0, 0.05) is 41.5 Å². The van der Waals surface area contributed by atoms with Crippen molar-refractivity contribution >= 4 is 58.1 Å². The predicted octanol–water partition coefficient (Wildman–Crippen LogP) is 4.83. The summed E-state index contributed by atoms with van der Waals surface area (Å²) in [6.07, 6.45) is 3.38. The number of amides is 3. The van der Waals surface area contributed by atoms with Gasteiger partial charge in [-0.3, -0.25) is 19.4 Å². The van der Waals surface area contributed by atoms with Gasteiger partial charge in [-0.2, -0.15) is 0 Å². The van der Waals surface area contributed by atoms with Crippen LogP contribution in [-0.4, -0.2) is 64.4 Å². The number of anilines is 1. The number of thiazole rings is 1. The highest BCUT2D eigenvalue weighted by atomic mass is 35.5. The quantitative estimate of drug-likeness (QED) is 0.486. The summed E-state index contributed by atoms with van der Waals surface area (Å²) >= 11 is 7.38. The Labute approximate surface area is 223 Å². The monoisotopic (exact) mass is 533 g/mol. The summed E-state index contributed by atoms with van der Waals surface area (Å²) in [5, 5.41) is 5.93. The van der Waals surface area contributed by atoms with E-state index >= 15 is 0 Å². The highest BCUT2D eigenvalue weighted by molar-refractivity contribution is 7.11. The molecule has 1 unspecified atom stereocenters. The summed E-state index contributed by atoms with van der Waals surface area (Å²) < 4.78 is 0. The molecule has 0 aliphatic carbocycles. The fourth-order valence-electron chi connectivity index (χ4n) is 4.41. The lowest BCUT2D eigenvalue weighted by molar-refractivity contribution is -0.121. The molecule has 10 heteroatoms. The van der Waals surface area contributed by atoms with Crippen molar-refractivity contribution in [1.29, 1.82) is 0 Å². The first-order valence-corrected chi connectivity index (χ1v) is 13.0. The molecule has 1 N–H and O–H groups in total. The minimum Gasteiger partial charge on any atom is -0.333 e. The molecular weight excluding hydrogens is 510 g/mol. The molecule has 2 aliphatic rings. The average molecular weight is 534 g/mol. The summed E-state index contributed by atoms with van der Waals surface area (Å²) in [5.41, 5.74) is 3.81. The Bertz CT molecular complexity index is 1450. The Hall–Kier alpha value is -3.82. The van der Waals surface area contributed by atoms with Crippen LogP contribution in [0.5, 0.6) is 0 Å². The van der Waals surface area contributed by atoms with E-state index in [9.17, 15) is 14.4 Å². The van der Waals surface area contributed by atoms with Crippen LogP contribution in [0, 0.1) is 0 Å². The first kappa shape index (κ1) is 24.9. The summed E-state index contributed by atoms with van der Waals surface area (Å²) in [6.45, 7) is 4.36. The fourth-order valence-corrected chi connectivity index (χ4v) is 5.31. The smallest absolute Gasteiger partial charge is 0.273 e. The predicted molar refractivity (Wildman–Crippen MR) is 146 cm³/mol. The molecule has 0 radical (unpaired) electrons. The Morgan fingerprint density at radius 3 is 2.68 bits per heavy atom. The van der Waals surface area contributed by atoms with E-state index in [-0.39, 0.29) is 30.8 Å². The molecule has 0 bridgehead atoms. The van der Waals surface area contributed by atoms with Crippen molar-refractivity contribution < 1.29 is 14.4 Å². The Morgan fingerprint density at radius 2 is 1.92 bits per heavy atom. The van der Waals surface area contributed by atoms with E-state index in [1.54, 1.807) is 51.9 Å². The number of carbonyl (C=O) groups excluding carboxylic acids is 3. The molecule has 3 aromatic rings. The van der Waals surface area contributed by atoms with Gasteiger partial charge in [-0.05, 0) is 49.2 Å². The average Bonchev–Trinajstić information content (AvgIpc) is 3.38. The lowest BCUT2D eigenvalue weighted by atomic mass is 10.0. The van der Waals surface area contributed by atoms with Crippen molar-refractivity contribution in [2.45, 2.75) is 19.9 Å². The summed E-state index contributed by atoms with van der Waals surface area (Å²) in [7, 11) is 0. The van der Waals surface area contributed by atoms with Crippen LogP contribution in [0.15, 0.2) is 59.0 Å². The number of halogens is 1. The highest BCUT2D eigenvalue weighted by Gasteiger charge is 2.41. The van der Waals surface area contributed by atoms with Crippen molar-refractivity contribution in [3.63, 3.8) is 0 Å². The number of hydrogen-bond acceptors (Lipinski definition) is 6. The van der Waals surface area contributed by atoms with Gasteiger partial charge in [0.15, 0.2) is 0 Å². The third-order valence-electron chi connectivity index (χ3n) is 6.39. The standard InChI is InChI=1S/C27H24ClN5O3S/c1-3-29-13-16(2)25-31-22(15-37-25)27(36)32-10-11-33-23(14-32)24(34)30-21-9-6-18(12-20(21)26(33)35)17-4-7-19(28)8-5-17/h3-9,12-13,15,23H,10-11,14H2,1-2H3,(H,30,34). The topological polar surface area (TPSA) is 95.0 Å². The summed E-state index contributed by atoms with van der Waals surface area (Å²) in [6, 6.07) is 11.9. The van der Waals surface area contributed by atoms with Gasteiger partial charge in [-0.1, -0.05) is 29.8 Å². The molecule has 188 valence electrons. The normalized spacial score (nSPS) is 17.9. The molecule has 1 saturated heterocycles. The van der Waals surface area contributed by atoms with Crippen LogP contribution in [0.4, 0.5) is 5.69 Å². The van der Waals surface area contributed by atoms with Gasteiger partial charge in [0.25, 0.3) is 11.8 Å². The molecular formula is C27H24ClN5O3S. The van der Waals surface area contributed by atoms with Crippen LogP contribution in [0.3, 0.4) is 0 Å². The van der Waals surface area contributed by atoms with Crippen molar-refractivity contribution in [2.24, 2.45) is 4.99 Å². The van der Waals surface area contributed by atoms with E-state index in [0.29, 0.717) is 33.5 Å². The second-order valence-electron chi connectivity index (χ2n) is 8.78. The number of fused-ring (bicyclic) bond motifs is 2. The zero-order chi connectivity index (χ0) is 26.1. The zero-order valence-corrected chi connectivity index (χ0v) is 21.8. The van der Waals surface area contributed by atoms with Crippen LogP contribution < -0.4 is 5.32 Å². The Balaban J connectivity index is 1.36. The molecule has 2 aromatic carbocycles. The SMILES string of the molecule is CC=NC=C(C)c1nc(C(=O)N2CCN3C(=O)c4cc(-c5ccc(Cl)cc5)ccc4NC(=O)C3C2)cs1. The highest BCUT2D eigenvalue weighted by Crippen LogP contribution is 2.31. The lowest BCUT2D eigenvalue weighted by Gasteiger charge is -2.39. The number of benzene rings is 2. The number of aliphatic imine (C=N–C) groups is 1.